The highest BCUT2D eigenvalue weighted by atomic mass is 16.6. The Labute approximate surface area is 756 Å². The van der Waals surface area contributed by atoms with Gasteiger partial charge in [0.15, 0.2) is 0 Å². The summed E-state index contributed by atoms with van der Waals surface area (Å²) in [5, 5.41) is 44.5. The second-order valence-corrected chi connectivity index (χ2v) is 28.9. The Kier molecular flexibility index (Phi) is 58.5. The van der Waals surface area contributed by atoms with Gasteiger partial charge in [0.1, 0.15) is 72.2 Å². The normalized spacial score (nSPS) is 10.4. The Morgan fingerprint density at radius 3 is 0.840 bits per heavy atom. The van der Waals surface area contributed by atoms with Gasteiger partial charge in [-0.25, -0.2) is 19.2 Å². The van der Waals surface area contributed by atoms with Crippen LogP contribution in [0, 0.1) is 0 Å². The molecular formula is C85H121N13O33. The van der Waals surface area contributed by atoms with Crippen molar-refractivity contribution < 1.29 is 158 Å². The highest BCUT2D eigenvalue weighted by Crippen LogP contribution is 2.23. The van der Waals surface area contributed by atoms with E-state index in [9.17, 15) is 81.5 Å². The second kappa shape index (κ2) is 66.6. The zero-order chi connectivity index (χ0) is 98.1. The molecule has 0 aromatic heterocycles. The predicted octanol–water partition coefficient (Wildman–Crippen LogP) is 4.14. The summed E-state index contributed by atoms with van der Waals surface area (Å²) >= 11 is 0. The summed E-state index contributed by atoms with van der Waals surface area (Å²) in [6.07, 6.45) is -0.713. The van der Waals surface area contributed by atoms with Crippen molar-refractivity contribution >= 4 is 101 Å². The maximum atomic E-state index is 12.6. The molecule has 0 radical (unpaired) electrons. The van der Waals surface area contributed by atoms with Gasteiger partial charge >= 0.3 is 48.0 Å². The number of methoxy groups -OCH3 is 4. The number of amides is 9. The second-order valence-electron chi connectivity index (χ2n) is 28.9. The number of ether oxygens (including phenoxy) is 14. The van der Waals surface area contributed by atoms with Crippen LogP contribution in [0.1, 0.15) is 183 Å². The summed E-state index contributed by atoms with van der Waals surface area (Å²) in [6.45, 7) is 17.9. The third-order valence-electron chi connectivity index (χ3n) is 15.7. The Balaban J connectivity index is 0.000000899. The quantitative estimate of drug-likeness (QED) is 0.00738. The largest absolute Gasteiger partial charge is 0.492 e. The summed E-state index contributed by atoms with van der Waals surface area (Å²) in [5.74, 6) is -6.92. The number of alkyl carbamates (subject to hydrolysis) is 2. The average molecular weight is 1850 g/mol. The summed E-state index contributed by atoms with van der Waals surface area (Å²) in [5.41, 5.74) is 12.8. The summed E-state index contributed by atoms with van der Waals surface area (Å²) in [6, 6.07) is 16.3. The molecule has 0 aliphatic carbocycles. The third-order valence-corrected chi connectivity index (χ3v) is 15.7. The van der Waals surface area contributed by atoms with E-state index in [1.165, 1.54) is 109 Å². The van der Waals surface area contributed by atoms with Crippen LogP contribution in [0.3, 0.4) is 0 Å². The van der Waals surface area contributed by atoms with Crippen molar-refractivity contribution in [1.29, 1.82) is 0 Å². The lowest BCUT2D eigenvalue weighted by molar-refractivity contribution is -0.141. The third kappa shape index (κ3) is 57.6. The van der Waals surface area contributed by atoms with Gasteiger partial charge in [-0.1, -0.05) is 5.11 Å². The van der Waals surface area contributed by atoms with E-state index in [0.717, 1.165) is 6.07 Å². The number of carbonyl (C=O) groups is 17. The Morgan fingerprint density at radius 1 is 0.328 bits per heavy atom. The van der Waals surface area contributed by atoms with Crippen LogP contribution in [0.5, 0.6) is 23.0 Å². The number of azide groups is 1. The van der Waals surface area contributed by atoms with Crippen molar-refractivity contribution in [1.82, 2.24) is 47.9 Å². The number of carboxylic acids is 2. The standard InChI is InChI=1S/C29H44N6O10.C23H33N3O9.C18H25N3O7.C15H19NO7/c1-22(36)3-6-32-28(39)24-19-25(29(40)33-7-4-23(2)37)21-26(20-24)45-12-8-31-27(38)5-10-41-13-15-43-17-18-44-16-14-42-11-9-34-35-30;1-23(2,3)35-22(31)26-10-11-34-17-13-15(20(29)24-8-6-18(27)32-4)12-16(14-17)21(30)25-9-7-19(28)33-5;1-26-15(22)3-6-20-17(24)12-9-13(11-14(10-12)28-8-5-19)18(25)21-7-4-16(23)27-2;1-15(2,3)23-14(21)16-4-5-22-11-7-9(12(17)18)6-10(8-11)13(19)20/h19-21H,3-18H2,1-2H3,(H,31,38)(H,32,39)(H,33,40);12-14H,6-11H2,1-5H3,(H,24,29)(H,25,30)(H,26,31);9-11H,3-8,19H2,1-2H3,(H,20,24)(H,21,25);6-8H,4-5H2,1-3H3,(H,16,21)(H,17,18)(H,19,20). The number of hydrogen-bond acceptors (Lipinski definition) is 33. The van der Waals surface area contributed by atoms with E-state index in [2.05, 4.69) is 76.8 Å². The van der Waals surface area contributed by atoms with Crippen LogP contribution in [0.4, 0.5) is 9.59 Å². The molecule has 0 spiro atoms. The van der Waals surface area contributed by atoms with E-state index in [-0.39, 0.29) is 229 Å². The van der Waals surface area contributed by atoms with Crippen molar-refractivity contribution in [2.75, 3.05) is 180 Å². The first kappa shape index (κ1) is 115. The van der Waals surface area contributed by atoms with E-state index < -0.39 is 94.6 Å². The SMILES string of the molecule is CC(=O)CCNC(=O)c1cc(OCCNC(=O)CCOCCOCCOCCOCCN=[N+]=[N-])cc(C(=O)NCCC(C)=O)c1.CC(C)(C)OC(=O)NCCOc1cc(C(=O)O)cc(C(=O)O)c1.COC(=O)CCNC(=O)c1cc(OCCN)cc(C(=O)NCCC(=O)OC)c1.COC(=O)CCNC(=O)c1cc(OCCNC(=O)OC(C)(C)C)cc(C(=O)NCCC(=O)OC)c1. The molecule has 4 rings (SSSR count). The van der Waals surface area contributed by atoms with E-state index in [1.54, 1.807) is 41.5 Å². The van der Waals surface area contributed by atoms with Crippen LogP contribution >= 0.6 is 0 Å². The topological polar surface area (TPSA) is 643 Å². The summed E-state index contributed by atoms with van der Waals surface area (Å²) < 4.78 is 71.6. The lowest BCUT2D eigenvalue weighted by Gasteiger charge is -2.19. The number of ketones is 2. The highest BCUT2D eigenvalue weighted by Gasteiger charge is 2.22. The van der Waals surface area contributed by atoms with Gasteiger partial charge in [-0.05, 0) is 134 Å². The summed E-state index contributed by atoms with van der Waals surface area (Å²) in [7, 11) is 5.00. The molecule has 46 nitrogen and oxygen atoms in total. The fourth-order valence-corrected chi connectivity index (χ4v) is 9.57. The van der Waals surface area contributed by atoms with Crippen LogP contribution in [0.25, 0.3) is 10.4 Å². The van der Waals surface area contributed by atoms with Gasteiger partial charge in [0.2, 0.25) is 5.91 Å². The van der Waals surface area contributed by atoms with Gasteiger partial charge in [-0.2, -0.15) is 0 Å². The Hall–Kier alpha value is -13.8. The number of carboxylic acid groups (broad SMARTS) is 2. The molecule has 0 unspecified atom stereocenters. The maximum Gasteiger partial charge on any atom is 0.407 e. The maximum absolute atomic E-state index is 12.6. The first-order chi connectivity index (χ1) is 62.2. The van der Waals surface area contributed by atoms with Crippen LogP contribution in [0.2, 0.25) is 0 Å². The minimum atomic E-state index is -1.26. The molecule has 0 heterocycles. The monoisotopic (exact) mass is 1850 g/mol. The van der Waals surface area contributed by atoms with E-state index in [0.29, 0.717) is 52.0 Å². The first-order valence-corrected chi connectivity index (χ1v) is 40.9. The molecule has 4 aromatic carbocycles. The molecule has 9 amide bonds. The molecule has 0 saturated heterocycles. The minimum Gasteiger partial charge on any atom is -0.492 e. The average Bonchev–Trinajstić information content (AvgIpc) is 0.843. The molecule has 131 heavy (non-hydrogen) atoms. The van der Waals surface area contributed by atoms with Crippen molar-refractivity contribution in [3.63, 3.8) is 0 Å². The number of nitrogens with one attached hydrogen (secondary N) is 9. The molecule has 0 aliphatic heterocycles. The molecule has 0 fully saturated rings. The van der Waals surface area contributed by atoms with Crippen molar-refractivity contribution in [3.05, 3.63) is 128 Å². The number of carbonyl (C=O) groups excluding carboxylic acids is 15. The molecular weight excluding hydrogens is 1730 g/mol. The molecule has 46 heteroatoms. The number of benzene rings is 4. The fourth-order valence-electron chi connectivity index (χ4n) is 9.57. The van der Waals surface area contributed by atoms with Gasteiger partial charge in [-0.15, -0.1) is 0 Å². The minimum absolute atomic E-state index is 0.0182. The number of aromatic carboxylic acids is 2. The van der Waals surface area contributed by atoms with Crippen molar-refractivity contribution in [2.24, 2.45) is 10.8 Å². The number of esters is 4. The van der Waals surface area contributed by atoms with Gasteiger partial charge < -0.3 is 130 Å². The molecule has 13 N–H and O–H groups in total. The smallest absolute Gasteiger partial charge is 0.407 e. The molecule has 0 saturated carbocycles. The highest BCUT2D eigenvalue weighted by molar-refractivity contribution is 6.03. The van der Waals surface area contributed by atoms with Gasteiger partial charge in [0.05, 0.1) is 138 Å². The van der Waals surface area contributed by atoms with Crippen LogP contribution in [-0.2, 0) is 80.9 Å². The van der Waals surface area contributed by atoms with E-state index >= 15 is 0 Å². The Morgan fingerprint density at radius 2 is 0.580 bits per heavy atom. The zero-order valence-corrected chi connectivity index (χ0v) is 75.6. The lowest BCUT2D eigenvalue weighted by Crippen LogP contribution is -2.34. The number of nitrogens with two attached hydrogens (primary N) is 1. The van der Waals surface area contributed by atoms with E-state index in [4.69, 9.17) is 68.8 Å². The van der Waals surface area contributed by atoms with E-state index in [1.807, 2.05) is 0 Å². The number of nitrogens with zero attached hydrogens (tertiary/aromatic N) is 3. The molecule has 0 atom stereocenters. The van der Waals surface area contributed by atoms with Crippen molar-refractivity contribution in [2.45, 2.75) is 112 Å². The molecule has 4 aromatic rings. The fraction of sp³-hybridized carbons (Fsp3) is 0.518. The zero-order valence-electron chi connectivity index (χ0n) is 75.6. The van der Waals surface area contributed by atoms with Gasteiger partial charge in [0.25, 0.3) is 35.4 Å². The molecule has 0 aliphatic rings. The van der Waals surface area contributed by atoms with Crippen LogP contribution < -0.4 is 72.5 Å². The van der Waals surface area contributed by atoms with Gasteiger partial charge in [0, 0.05) is 110 Å². The van der Waals surface area contributed by atoms with Gasteiger partial charge in [-0.3, -0.25) is 62.3 Å². The number of hydrogen-bond donors (Lipinski definition) is 12. The molecule has 724 valence electrons. The lowest BCUT2D eigenvalue weighted by atomic mass is 10.1. The van der Waals surface area contributed by atoms with Crippen LogP contribution in [0.15, 0.2) is 77.9 Å². The predicted molar refractivity (Wildman–Crippen MR) is 465 cm³/mol. The number of Topliss-reactive ketones (excluding diaryl/α,β-unsaturated/α-hetero) is 2. The summed E-state index contributed by atoms with van der Waals surface area (Å²) in [4.78, 5) is 202. The first-order valence-electron chi connectivity index (χ1n) is 40.9. The van der Waals surface area contributed by atoms with Crippen LogP contribution in [-0.4, -0.2) is 302 Å². The molecule has 0 bridgehead atoms. The Bertz CT molecular complexity index is 4240. The number of rotatable bonds is 56. The van der Waals surface area contributed by atoms with Crippen molar-refractivity contribution in [3.8, 4) is 23.0 Å².